The number of methoxy groups -OCH3 is 1. The summed E-state index contributed by atoms with van der Waals surface area (Å²) < 4.78 is 5.35. The van der Waals surface area contributed by atoms with Crippen LogP contribution < -0.4 is 10.5 Å². The van der Waals surface area contributed by atoms with Gasteiger partial charge < -0.3 is 15.5 Å². The summed E-state index contributed by atoms with van der Waals surface area (Å²) in [5, 5.41) is 0. The van der Waals surface area contributed by atoms with Crippen LogP contribution in [0.15, 0.2) is 12.1 Å². The molecule has 0 amide bonds. The van der Waals surface area contributed by atoms with Gasteiger partial charge in [0, 0.05) is 17.7 Å². The van der Waals surface area contributed by atoms with Crippen LogP contribution >= 0.6 is 0 Å². The first-order chi connectivity index (χ1) is 9.08. The average molecular weight is 259 g/mol. The first kappa shape index (κ1) is 13.6. The molecule has 102 valence electrons. The van der Waals surface area contributed by atoms with E-state index in [1.807, 2.05) is 13.0 Å². The Morgan fingerprint density at radius 3 is 2.58 bits per heavy atom. The van der Waals surface area contributed by atoms with Crippen LogP contribution in [0.3, 0.4) is 0 Å². The number of nitrogens with one attached hydrogen (secondary N) is 1. The zero-order valence-electron chi connectivity index (χ0n) is 12.0. The smallest absolute Gasteiger partial charge is 0.122 e. The molecule has 0 unspecified atom stereocenters. The second kappa shape index (κ2) is 5.45. The zero-order chi connectivity index (χ0) is 14.0. The fourth-order valence-corrected chi connectivity index (χ4v) is 2.36. The maximum atomic E-state index is 5.66. The number of hydrogen-bond donors (Lipinski definition) is 2. The van der Waals surface area contributed by atoms with E-state index >= 15 is 0 Å². The summed E-state index contributed by atoms with van der Waals surface area (Å²) in [5.41, 5.74) is 11.3. The molecule has 0 saturated carbocycles. The molecule has 0 bridgehead atoms. The number of benzene rings is 1. The van der Waals surface area contributed by atoms with Crippen molar-refractivity contribution in [1.29, 1.82) is 0 Å². The Morgan fingerprint density at radius 1 is 1.21 bits per heavy atom. The van der Waals surface area contributed by atoms with E-state index in [0.717, 1.165) is 40.5 Å². The van der Waals surface area contributed by atoms with Crippen LogP contribution in [0.2, 0.25) is 0 Å². The summed E-state index contributed by atoms with van der Waals surface area (Å²) in [5.74, 6) is 1.83. The summed E-state index contributed by atoms with van der Waals surface area (Å²) >= 11 is 0. The van der Waals surface area contributed by atoms with Crippen molar-refractivity contribution in [1.82, 2.24) is 9.97 Å². The number of aromatic amines is 1. The van der Waals surface area contributed by atoms with Crippen LogP contribution in [-0.4, -0.2) is 23.6 Å². The van der Waals surface area contributed by atoms with Crippen molar-refractivity contribution < 1.29 is 4.74 Å². The van der Waals surface area contributed by atoms with Crippen LogP contribution in [0.1, 0.15) is 22.6 Å². The number of rotatable bonds is 4. The molecule has 3 N–H and O–H groups in total. The minimum absolute atomic E-state index is 0.614. The van der Waals surface area contributed by atoms with Crippen LogP contribution in [0.5, 0.6) is 5.75 Å². The van der Waals surface area contributed by atoms with Crippen molar-refractivity contribution in [3.8, 4) is 17.0 Å². The maximum Gasteiger partial charge on any atom is 0.122 e. The molecule has 0 aliphatic carbocycles. The number of nitrogens with two attached hydrogens (primary N) is 1. The van der Waals surface area contributed by atoms with E-state index in [4.69, 9.17) is 10.5 Å². The topological polar surface area (TPSA) is 63.9 Å². The standard InChI is InChI=1S/C15H21N3O/c1-9-10(2)14(19-4)6-5-12(9)15-13(7-8-16)17-11(3)18-15/h5-6H,7-8,16H2,1-4H3,(H,17,18). The van der Waals surface area contributed by atoms with Gasteiger partial charge in [-0.3, -0.25) is 0 Å². The van der Waals surface area contributed by atoms with Crippen molar-refractivity contribution in [2.75, 3.05) is 13.7 Å². The first-order valence-corrected chi connectivity index (χ1v) is 6.48. The lowest BCUT2D eigenvalue weighted by atomic mass is 9.98. The molecular formula is C15H21N3O. The van der Waals surface area contributed by atoms with Crippen molar-refractivity contribution >= 4 is 0 Å². The van der Waals surface area contributed by atoms with E-state index in [-0.39, 0.29) is 0 Å². The molecule has 4 heteroatoms. The molecule has 0 spiro atoms. The third-order valence-electron chi connectivity index (χ3n) is 3.50. The number of aryl methyl sites for hydroxylation is 1. The van der Waals surface area contributed by atoms with E-state index in [2.05, 4.69) is 29.9 Å². The highest BCUT2D eigenvalue weighted by Crippen LogP contribution is 2.31. The summed E-state index contributed by atoms with van der Waals surface area (Å²) in [4.78, 5) is 7.90. The molecule has 2 aromatic rings. The van der Waals surface area contributed by atoms with Gasteiger partial charge in [-0.2, -0.15) is 0 Å². The van der Waals surface area contributed by atoms with E-state index in [1.165, 1.54) is 5.56 Å². The Balaban J connectivity index is 2.56. The molecule has 1 aromatic heterocycles. The molecule has 0 saturated heterocycles. The second-order valence-electron chi connectivity index (χ2n) is 4.75. The Hall–Kier alpha value is -1.81. The number of nitrogens with zero attached hydrogens (tertiary/aromatic N) is 1. The Kier molecular flexibility index (Phi) is 3.90. The number of aromatic nitrogens is 2. The third kappa shape index (κ3) is 2.49. The highest BCUT2D eigenvalue weighted by atomic mass is 16.5. The second-order valence-corrected chi connectivity index (χ2v) is 4.75. The van der Waals surface area contributed by atoms with Crippen molar-refractivity contribution in [2.45, 2.75) is 27.2 Å². The fourth-order valence-electron chi connectivity index (χ4n) is 2.36. The Bertz CT molecular complexity index is 587. The van der Waals surface area contributed by atoms with Crippen LogP contribution in [0, 0.1) is 20.8 Å². The number of H-pyrrole nitrogens is 1. The zero-order valence-corrected chi connectivity index (χ0v) is 12.0. The van der Waals surface area contributed by atoms with Gasteiger partial charge >= 0.3 is 0 Å². The third-order valence-corrected chi connectivity index (χ3v) is 3.50. The molecule has 19 heavy (non-hydrogen) atoms. The van der Waals surface area contributed by atoms with Gasteiger partial charge in [-0.25, -0.2) is 4.98 Å². The van der Waals surface area contributed by atoms with Crippen molar-refractivity contribution in [3.63, 3.8) is 0 Å². The molecule has 1 aromatic carbocycles. The molecule has 0 atom stereocenters. The molecule has 0 aliphatic heterocycles. The van der Waals surface area contributed by atoms with E-state index in [0.29, 0.717) is 6.54 Å². The average Bonchev–Trinajstić information content (AvgIpc) is 2.74. The lowest BCUT2D eigenvalue weighted by Crippen LogP contribution is -2.04. The molecule has 0 aliphatic rings. The highest BCUT2D eigenvalue weighted by Gasteiger charge is 2.14. The van der Waals surface area contributed by atoms with Crippen LogP contribution in [-0.2, 0) is 6.42 Å². The van der Waals surface area contributed by atoms with Gasteiger partial charge in [0.2, 0.25) is 0 Å². The maximum absolute atomic E-state index is 5.66. The van der Waals surface area contributed by atoms with Gasteiger partial charge in [-0.15, -0.1) is 0 Å². The lowest BCUT2D eigenvalue weighted by Gasteiger charge is -2.12. The number of ether oxygens (including phenoxy) is 1. The fraction of sp³-hybridized carbons (Fsp3) is 0.400. The van der Waals surface area contributed by atoms with Gasteiger partial charge in [-0.05, 0) is 50.6 Å². The summed E-state index contributed by atoms with van der Waals surface area (Å²) in [6, 6.07) is 4.06. The van der Waals surface area contributed by atoms with Crippen LogP contribution in [0.25, 0.3) is 11.3 Å². The molecule has 2 rings (SSSR count). The van der Waals surface area contributed by atoms with Gasteiger partial charge in [0.15, 0.2) is 0 Å². The normalized spacial score (nSPS) is 10.8. The van der Waals surface area contributed by atoms with Crippen LogP contribution in [0.4, 0.5) is 0 Å². The minimum atomic E-state index is 0.614. The molecule has 0 radical (unpaired) electrons. The van der Waals surface area contributed by atoms with Gasteiger partial charge in [0.25, 0.3) is 0 Å². The molecule has 0 fully saturated rings. The van der Waals surface area contributed by atoms with E-state index in [1.54, 1.807) is 7.11 Å². The van der Waals surface area contributed by atoms with E-state index in [9.17, 15) is 0 Å². The number of imidazole rings is 1. The summed E-state index contributed by atoms with van der Waals surface area (Å²) in [6.07, 6.45) is 0.806. The first-order valence-electron chi connectivity index (χ1n) is 6.48. The predicted molar refractivity (Wildman–Crippen MR) is 77.5 cm³/mol. The lowest BCUT2D eigenvalue weighted by molar-refractivity contribution is 0.411. The SMILES string of the molecule is COc1ccc(-c2nc(C)[nH]c2CCN)c(C)c1C. The summed E-state index contributed by atoms with van der Waals surface area (Å²) in [6.45, 7) is 6.75. The largest absolute Gasteiger partial charge is 0.496 e. The predicted octanol–water partition coefficient (Wildman–Crippen LogP) is 2.51. The van der Waals surface area contributed by atoms with Crippen molar-refractivity contribution in [2.24, 2.45) is 5.73 Å². The van der Waals surface area contributed by atoms with E-state index < -0.39 is 0 Å². The van der Waals surface area contributed by atoms with Crippen molar-refractivity contribution in [3.05, 3.63) is 34.8 Å². The Labute approximate surface area is 114 Å². The monoisotopic (exact) mass is 259 g/mol. The number of hydrogen-bond acceptors (Lipinski definition) is 3. The van der Waals surface area contributed by atoms with Gasteiger partial charge in [-0.1, -0.05) is 0 Å². The summed E-state index contributed by atoms with van der Waals surface area (Å²) in [7, 11) is 1.69. The minimum Gasteiger partial charge on any atom is -0.496 e. The Morgan fingerprint density at radius 2 is 1.95 bits per heavy atom. The van der Waals surface area contributed by atoms with Gasteiger partial charge in [0.05, 0.1) is 12.8 Å². The highest BCUT2D eigenvalue weighted by molar-refractivity contribution is 5.69. The molecule has 1 heterocycles. The molecule has 4 nitrogen and oxygen atoms in total. The molecular weight excluding hydrogens is 238 g/mol. The quantitative estimate of drug-likeness (QED) is 0.886. The van der Waals surface area contributed by atoms with Gasteiger partial charge in [0.1, 0.15) is 11.6 Å².